The summed E-state index contributed by atoms with van der Waals surface area (Å²) in [5, 5.41) is 5.31. The van der Waals surface area contributed by atoms with Gasteiger partial charge < -0.3 is 14.4 Å². The molecule has 2 aliphatic rings. The fourth-order valence-corrected chi connectivity index (χ4v) is 3.59. The van der Waals surface area contributed by atoms with Crippen LogP contribution >= 0.6 is 0 Å². The van der Waals surface area contributed by atoms with E-state index in [1.54, 1.807) is 0 Å². The van der Waals surface area contributed by atoms with Gasteiger partial charge in [0.2, 0.25) is 11.8 Å². The Morgan fingerprint density at radius 2 is 2.17 bits per heavy atom. The van der Waals surface area contributed by atoms with Gasteiger partial charge in [0.25, 0.3) is 0 Å². The van der Waals surface area contributed by atoms with Crippen molar-refractivity contribution in [1.29, 1.82) is 0 Å². The molecule has 6 nitrogen and oxygen atoms in total. The third kappa shape index (κ3) is 2.29. The Kier molecular flexibility index (Phi) is 2.98. The van der Waals surface area contributed by atoms with E-state index in [4.69, 9.17) is 4.52 Å². The first-order valence-electron chi connectivity index (χ1n) is 8.45. The minimum atomic E-state index is 0.0681. The fraction of sp³-hybridized carbons (Fsp3) is 0.389. The molecule has 1 aliphatic heterocycles. The number of aromatic amines is 1. The summed E-state index contributed by atoms with van der Waals surface area (Å²) in [4.78, 5) is 21.9. The number of aromatic nitrogens is 3. The zero-order valence-corrected chi connectivity index (χ0v) is 13.2. The number of rotatable bonds is 4. The number of nitrogens with one attached hydrogen (secondary N) is 1. The highest BCUT2D eigenvalue weighted by atomic mass is 16.5. The second-order valence-corrected chi connectivity index (χ2v) is 6.76. The van der Waals surface area contributed by atoms with Crippen molar-refractivity contribution in [3.8, 4) is 0 Å². The van der Waals surface area contributed by atoms with Gasteiger partial charge in [0, 0.05) is 42.0 Å². The van der Waals surface area contributed by atoms with Gasteiger partial charge in [-0.05, 0) is 24.5 Å². The van der Waals surface area contributed by atoms with Gasteiger partial charge in [-0.1, -0.05) is 23.4 Å². The van der Waals surface area contributed by atoms with Gasteiger partial charge in [0.15, 0.2) is 5.82 Å². The summed E-state index contributed by atoms with van der Waals surface area (Å²) in [6.07, 6.45) is 5.36. The zero-order chi connectivity index (χ0) is 16.1. The van der Waals surface area contributed by atoms with Gasteiger partial charge in [-0.2, -0.15) is 4.98 Å². The molecule has 2 fully saturated rings. The summed E-state index contributed by atoms with van der Waals surface area (Å²) < 4.78 is 5.44. The van der Waals surface area contributed by atoms with E-state index >= 15 is 0 Å². The average Bonchev–Trinajstić information content (AvgIpc) is 3.02. The molecule has 1 aromatic carbocycles. The van der Waals surface area contributed by atoms with Crippen molar-refractivity contribution in [2.45, 2.75) is 37.6 Å². The molecule has 1 atom stereocenters. The second kappa shape index (κ2) is 5.19. The van der Waals surface area contributed by atoms with Crippen LogP contribution in [0.25, 0.3) is 10.9 Å². The highest BCUT2D eigenvalue weighted by Crippen LogP contribution is 2.35. The zero-order valence-electron chi connectivity index (χ0n) is 13.2. The van der Waals surface area contributed by atoms with Gasteiger partial charge in [-0.25, -0.2) is 0 Å². The molecular weight excluding hydrogens is 304 g/mol. The third-order valence-electron chi connectivity index (χ3n) is 5.01. The third-order valence-corrected chi connectivity index (χ3v) is 5.01. The van der Waals surface area contributed by atoms with E-state index < -0.39 is 0 Å². The lowest BCUT2D eigenvalue weighted by Crippen LogP contribution is -2.27. The van der Waals surface area contributed by atoms with Crippen molar-refractivity contribution >= 4 is 16.8 Å². The number of fused-ring (bicyclic) bond motifs is 1. The number of hydrogen-bond acceptors (Lipinski definition) is 4. The van der Waals surface area contributed by atoms with Crippen LogP contribution in [-0.2, 0) is 11.2 Å². The molecule has 0 bridgehead atoms. The number of para-hydroxylation sites is 1. The van der Waals surface area contributed by atoms with Gasteiger partial charge in [0.05, 0.1) is 6.42 Å². The number of amides is 1. The fourth-order valence-electron chi connectivity index (χ4n) is 3.59. The van der Waals surface area contributed by atoms with Crippen LogP contribution in [0.4, 0.5) is 0 Å². The predicted molar refractivity (Wildman–Crippen MR) is 87.5 cm³/mol. The van der Waals surface area contributed by atoms with Crippen LogP contribution in [0.2, 0.25) is 0 Å². The molecule has 2 aromatic heterocycles. The smallest absolute Gasteiger partial charge is 0.231 e. The van der Waals surface area contributed by atoms with Crippen molar-refractivity contribution in [2.24, 2.45) is 0 Å². The van der Waals surface area contributed by atoms with Crippen LogP contribution in [0.1, 0.15) is 42.5 Å². The van der Waals surface area contributed by atoms with Gasteiger partial charge in [-0.3, -0.25) is 4.79 Å². The summed E-state index contributed by atoms with van der Waals surface area (Å²) in [5.41, 5.74) is 2.25. The maximum absolute atomic E-state index is 12.1. The van der Waals surface area contributed by atoms with E-state index in [0.717, 1.165) is 30.5 Å². The lowest BCUT2D eigenvalue weighted by atomic mass is 10.1. The lowest BCUT2D eigenvalue weighted by Gasteiger charge is -2.13. The van der Waals surface area contributed by atoms with Crippen LogP contribution in [0.15, 0.2) is 35.0 Å². The van der Waals surface area contributed by atoms with Crippen molar-refractivity contribution in [3.63, 3.8) is 0 Å². The highest BCUT2D eigenvalue weighted by Gasteiger charge is 2.41. The van der Waals surface area contributed by atoms with E-state index in [1.165, 1.54) is 5.39 Å². The molecule has 1 N–H and O–H groups in total. The molecule has 3 aromatic rings. The Labute approximate surface area is 138 Å². The van der Waals surface area contributed by atoms with Gasteiger partial charge in [-0.15, -0.1) is 0 Å². The summed E-state index contributed by atoms with van der Waals surface area (Å²) in [6.45, 7) is 0.732. The van der Waals surface area contributed by atoms with E-state index in [9.17, 15) is 4.79 Å². The molecule has 1 saturated heterocycles. The number of H-pyrrole nitrogens is 1. The van der Waals surface area contributed by atoms with Gasteiger partial charge >= 0.3 is 0 Å². The number of nitrogens with zero attached hydrogens (tertiary/aromatic N) is 3. The van der Waals surface area contributed by atoms with Crippen LogP contribution < -0.4 is 0 Å². The second-order valence-electron chi connectivity index (χ2n) is 6.76. The monoisotopic (exact) mass is 322 g/mol. The van der Waals surface area contributed by atoms with E-state index in [2.05, 4.69) is 27.3 Å². The summed E-state index contributed by atoms with van der Waals surface area (Å²) >= 11 is 0. The molecule has 6 heteroatoms. The molecule has 0 spiro atoms. The van der Waals surface area contributed by atoms with E-state index in [1.807, 2.05) is 23.2 Å². The average molecular weight is 322 g/mol. The van der Waals surface area contributed by atoms with Crippen molar-refractivity contribution in [3.05, 3.63) is 47.7 Å². The predicted octanol–water partition coefficient (Wildman–Crippen LogP) is 2.62. The Morgan fingerprint density at radius 1 is 1.29 bits per heavy atom. The molecule has 1 saturated carbocycles. The first-order valence-corrected chi connectivity index (χ1v) is 8.45. The molecular formula is C18H18N4O2. The molecule has 1 unspecified atom stereocenters. The maximum Gasteiger partial charge on any atom is 0.231 e. The lowest BCUT2D eigenvalue weighted by molar-refractivity contribution is -0.128. The van der Waals surface area contributed by atoms with E-state index in [0.29, 0.717) is 30.6 Å². The maximum atomic E-state index is 12.1. The van der Waals surface area contributed by atoms with Crippen LogP contribution in [0.3, 0.4) is 0 Å². The molecule has 122 valence electrons. The quantitative estimate of drug-likeness (QED) is 0.801. The summed E-state index contributed by atoms with van der Waals surface area (Å²) in [7, 11) is 0. The minimum absolute atomic E-state index is 0.0681. The van der Waals surface area contributed by atoms with Crippen LogP contribution in [0.5, 0.6) is 0 Å². The van der Waals surface area contributed by atoms with Gasteiger partial charge in [0.1, 0.15) is 0 Å². The molecule has 24 heavy (non-hydrogen) atoms. The van der Waals surface area contributed by atoms with Crippen molar-refractivity contribution in [2.75, 3.05) is 6.54 Å². The van der Waals surface area contributed by atoms with Crippen LogP contribution in [0, 0.1) is 0 Å². The number of carbonyl (C=O) groups is 1. The SMILES string of the molecule is O=C1CC(c2noc(Cc3c[nH]c4ccccc34)n2)CN1C1CC1. The molecule has 1 aliphatic carbocycles. The molecule has 5 rings (SSSR count). The molecule has 1 amide bonds. The Balaban J connectivity index is 1.35. The first kappa shape index (κ1) is 13.8. The Morgan fingerprint density at radius 3 is 3.04 bits per heavy atom. The van der Waals surface area contributed by atoms with Crippen molar-refractivity contribution in [1.82, 2.24) is 20.0 Å². The normalized spacial score (nSPS) is 21.1. The summed E-state index contributed by atoms with van der Waals surface area (Å²) in [5.74, 6) is 1.57. The van der Waals surface area contributed by atoms with Crippen molar-refractivity contribution < 1.29 is 9.32 Å². The number of benzene rings is 1. The topological polar surface area (TPSA) is 75.0 Å². The van der Waals surface area contributed by atoms with Crippen LogP contribution in [-0.4, -0.2) is 38.5 Å². The molecule has 3 heterocycles. The number of carbonyl (C=O) groups excluding carboxylic acids is 1. The standard InChI is InChI=1S/C18H18N4O2/c23-17-8-12(10-22(17)13-5-6-13)18-20-16(24-21-18)7-11-9-19-15-4-2-1-3-14(11)15/h1-4,9,12-13,19H,5-8,10H2. The van der Waals surface area contributed by atoms with E-state index in [-0.39, 0.29) is 11.8 Å². The Hall–Kier alpha value is -2.63. The minimum Gasteiger partial charge on any atom is -0.361 e. The Bertz CT molecular complexity index is 909. The largest absolute Gasteiger partial charge is 0.361 e. The molecule has 0 radical (unpaired) electrons. The number of hydrogen-bond donors (Lipinski definition) is 1. The highest BCUT2D eigenvalue weighted by molar-refractivity contribution is 5.83. The first-order chi connectivity index (χ1) is 11.8. The number of likely N-dealkylation sites (tertiary alicyclic amines) is 1. The summed E-state index contributed by atoms with van der Waals surface area (Å²) in [6, 6.07) is 8.63.